The number of rotatable bonds is 14. The van der Waals surface area contributed by atoms with Crippen LogP contribution in [0.15, 0.2) is 35.9 Å². The average molecular weight is 661 g/mol. The summed E-state index contributed by atoms with van der Waals surface area (Å²) in [5, 5.41) is 0. The minimum absolute atomic E-state index is 0.0521. The van der Waals surface area contributed by atoms with E-state index in [4.69, 9.17) is 37.9 Å². The van der Waals surface area contributed by atoms with Crippen molar-refractivity contribution in [3.05, 3.63) is 41.5 Å². The van der Waals surface area contributed by atoms with Crippen LogP contribution < -0.4 is 4.74 Å². The van der Waals surface area contributed by atoms with Gasteiger partial charge in [-0.2, -0.15) is 0 Å². The zero-order valence-electron chi connectivity index (χ0n) is 29.2. The molecule has 47 heavy (non-hydrogen) atoms. The van der Waals surface area contributed by atoms with Gasteiger partial charge in [-0.05, 0) is 44.4 Å². The summed E-state index contributed by atoms with van der Waals surface area (Å²) in [4.78, 5) is 37.3. The normalized spacial score (nSPS) is 30.3. The van der Waals surface area contributed by atoms with E-state index in [1.807, 2.05) is 58.0 Å². The Morgan fingerprint density at radius 2 is 1.77 bits per heavy atom. The molecular formula is C36H52O11. The van der Waals surface area contributed by atoms with Crippen molar-refractivity contribution in [2.45, 2.75) is 105 Å². The van der Waals surface area contributed by atoms with Crippen LogP contribution in [0.5, 0.6) is 5.75 Å². The standard InChI is InChI=1S/C36H52O11/c1-10-42-34(26-11-13-27(40-9)14-12-26)47-32(23(5)44-25(7)38)33-28-18-41-19-35(28,8)36(20-43-24(6)37)17-29(22(4)16-30(36)46-33)45-31(39)15-21(2)3/h11-14,16,21,23,28-30,32-34H,10,15,17-20H2,1-9H3/t23-,28?,29-,30+,32+,33-,34?,35-,36+/m0/s1. The van der Waals surface area contributed by atoms with E-state index >= 15 is 0 Å². The summed E-state index contributed by atoms with van der Waals surface area (Å²) in [5.41, 5.74) is 0.205. The summed E-state index contributed by atoms with van der Waals surface area (Å²) in [6, 6.07) is 7.40. The SMILES string of the molecule is CCOC(O[C@H]([C@H](C)OC(C)=O)[C@H]1O[C@@H]2C=C(C)[C@@H](OC(=O)CC(C)C)C[C@]2(COC(C)=O)[C@@]2(C)COCC12)c1ccc(OC)cc1. The van der Waals surface area contributed by atoms with E-state index in [-0.39, 0.29) is 24.4 Å². The van der Waals surface area contributed by atoms with Gasteiger partial charge in [-0.1, -0.05) is 39.0 Å². The first kappa shape index (κ1) is 36.8. The molecular weight excluding hydrogens is 608 g/mol. The van der Waals surface area contributed by atoms with Gasteiger partial charge in [0, 0.05) is 55.6 Å². The highest BCUT2D eigenvalue weighted by Gasteiger charge is 2.68. The van der Waals surface area contributed by atoms with Crippen molar-refractivity contribution in [3.63, 3.8) is 0 Å². The Kier molecular flexibility index (Phi) is 12.1. The van der Waals surface area contributed by atoms with E-state index in [9.17, 15) is 14.4 Å². The van der Waals surface area contributed by atoms with Gasteiger partial charge in [0.15, 0.2) is 6.29 Å². The van der Waals surface area contributed by atoms with Gasteiger partial charge in [-0.15, -0.1) is 0 Å². The highest BCUT2D eigenvalue weighted by molar-refractivity contribution is 5.70. The van der Waals surface area contributed by atoms with Gasteiger partial charge in [0.05, 0.1) is 32.5 Å². The van der Waals surface area contributed by atoms with E-state index in [0.29, 0.717) is 38.4 Å². The van der Waals surface area contributed by atoms with E-state index < -0.39 is 59.6 Å². The molecule has 0 aromatic heterocycles. The van der Waals surface area contributed by atoms with Crippen LogP contribution in [0.3, 0.4) is 0 Å². The van der Waals surface area contributed by atoms with Crippen molar-refractivity contribution in [3.8, 4) is 5.75 Å². The molecule has 11 nitrogen and oxygen atoms in total. The van der Waals surface area contributed by atoms with Crippen LogP contribution in [-0.2, 0) is 47.5 Å². The maximum Gasteiger partial charge on any atom is 0.306 e. The van der Waals surface area contributed by atoms with Crippen LogP contribution in [0.4, 0.5) is 0 Å². The minimum atomic E-state index is -0.799. The molecule has 2 heterocycles. The van der Waals surface area contributed by atoms with Gasteiger partial charge in [0.25, 0.3) is 0 Å². The molecule has 0 spiro atoms. The lowest BCUT2D eigenvalue weighted by atomic mass is 9.50. The Labute approximate surface area is 278 Å². The topological polar surface area (TPSA) is 125 Å². The van der Waals surface area contributed by atoms with E-state index in [0.717, 1.165) is 11.1 Å². The Morgan fingerprint density at radius 3 is 2.36 bits per heavy atom. The molecule has 0 N–H and O–H groups in total. The summed E-state index contributed by atoms with van der Waals surface area (Å²) >= 11 is 0. The number of carbonyl (C=O) groups excluding carboxylic acids is 3. The van der Waals surface area contributed by atoms with Crippen molar-refractivity contribution in [2.24, 2.45) is 22.7 Å². The van der Waals surface area contributed by atoms with Gasteiger partial charge in [-0.25, -0.2) is 0 Å². The molecule has 2 unspecified atom stereocenters. The van der Waals surface area contributed by atoms with Crippen molar-refractivity contribution in [1.82, 2.24) is 0 Å². The Hall–Kier alpha value is -2.99. The van der Waals surface area contributed by atoms with Crippen LogP contribution in [0.1, 0.15) is 80.1 Å². The predicted molar refractivity (Wildman–Crippen MR) is 171 cm³/mol. The summed E-state index contributed by atoms with van der Waals surface area (Å²) in [5.74, 6) is -0.566. The van der Waals surface area contributed by atoms with Gasteiger partial charge in [-0.3, -0.25) is 14.4 Å². The molecule has 0 bridgehead atoms. The zero-order valence-corrected chi connectivity index (χ0v) is 29.2. The lowest BCUT2D eigenvalue weighted by Crippen LogP contribution is -2.67. The number of fused-ring (bicyclic) bond motifs is 3. The predicted octanol–water partition coefficient (Wildman–Crippen LogP) is 5.34. The Bertz CT molecular complexity index is 1280. The monoisotopic (exact) mass is 660 g/mol. The number of benzene rings is 1. The molecule has 1 aliphatic carbocycles. The number of ether oxygens (including phenoxy) is 8. The quantitative estimate of drug-likeness (QED) is 0.111. The van der Waals surface area contributed by atoms with Crippen molar-refractivity contribution >= 4 is 17.9 Å². The fraction of sp³-hybridized carbons (Fsp3) is 0.694. The van der Waals surface area contributed by atoms with Crippen LogP contribution in [-0.4, -0.2) is 82.0 Å². The molecule has 2 aliphatic heterocycles. The summed E-state index contributed by atoms with van der Waals surface area (Å²) < 4.78 is 49.0. The average Bonchev–Trinajstić information content (AvgIpc) is 3.41. The molecule has 0 radical (unpaired) electrons. The smallest absolute Gasteiger partial charge is 0.306 e. The number of hydrogen-bond donors (Lipinski definition) is 0. The molecule has 0 saturated carbocycles. The number of hydrogen-bond acceptors (Lipinski definition) is 11. The second-order valence-corrected chi connectivity index (χ2v) is 13.7. The zero-order chi connectivity index (χ0) is 34.5. The number of methoxy groups -OCH3 is 1. The summed E-state index contributed by atoms with van der Waals surface area (Å²) in [6.07, 6.45) is -1.32. The Balaban J connectivity index is 1.77. The Morgan fingerprint density at radius 1 is 1.06 bits per heavy atom. The van der Waals surface area contributed by atoms with Gasteiger partial charge < -0.3 is 37.9 Å². The molecule has 1 aromatic rings. The lowest BCUT2D eigenvalue weighted by molar-refractivity contribution is -0.288. The number of carbonyl (C=O) groups is 3. The molecule has 262 valence electrons. The maximum absolute atomic E-state index is 12.9. The largest absolute Gasteiger partial charge is 0.497 e. The first-order valence-corrected chi connectivity index (χ1v) is 16.6. The van der Waals surface area contributed by atoms with Crippen LogP contribution in [0, 0.1) is 22.7 Å². The maximum atomic E-state index is 12.9. The highest BCUT2D eigenvalue weighted by Crippen LogP contribution is 2.62. The van der Waals surface area contributed by atoms with E-state index in [2.05, 4.69) is 6.92 Å². The van der Waals surface area contributed by atoms with Crippen molar-refractivity contribution < 1.29 is 52.3 Å². The summed E-state index contributed by atoms with van der Waals surface area (Å²) in [7, 11) is 1.60. The number of esters is 3. The second kappa shape index (κ2) is 15.5. The molecule has 9 atom stereocenters. The van der Waals surface area contributed by atoms with E-state index in [1.165, 1.54) is 13.8 Å². The van der Waals surface area contributed by atoms with Crippen LogP contribution in [0.2, 0.25) is 0 Å². The fourth-order valence-corrected chi connectivity index (χ4v) is 7.34. The molecule has 3 aliphatic rings. The van der Waals surface area contributed by atoms with Gasteiger partial charge >= 0.3 is 17.9 Å². The first-order valence-electron chi connectivity index (χ1n) is 16.6. The molecule has 2 fully saturated rings. The molecule has 11 heteroatoms. The minimum Gasteiger partial charge on any atom is -0.497 e. The molecule has 1 aromatic carbocycles. The van der Waals surface area contributed by atoms with E-state index in [1.54, 1.807) is 14.0 Å². The van der Waals surface area contributed by atoms with Gasteiger partial charge in [0.2, 0.25) is 0 Å². The molecule has 2 saturated heterocycles. The highest BCUT2D eigenvalue weighted by atomic mass is 16.7. The van der Waals surface area contributed by atoms with Crippen LogP contribution in [0.25, 0.3) is 0 Å². The third-order valence-electron chi connectivity index (χ3n) is 9.88. The summed E-state index contributed by atoms with van der Waals surface area (Å²) in [6.45, 7) is 15.5. The van der Waals surface area contributed by atoms with Gasteiger partial charge in [0.1, 0.15) is 30.7 Å². The fourth-order valence-electron chi connectivity index (χ4n) is 7.34. The van der Waals surface area contributed by atoms with Crippen molar-refractivity contribution in [2.75, 3.05) is 33.5 Å². The molecule has 4 rings (SSSR count). The first-order chi connectivity index (χ1) is 22.2. The lowest BCUT2D eigenvalue weighted by Gasteiger charge is -2.60. The van der Waals surface area contributed by atoms with Crippen molar-refractivity contribution in [1.29, 1.82) is 0 Å². The molecule has 0 amide bonds. The third kappa shape index (κ3) is 8.01. The third-order valence-corrected chi connectivity index (χ3v) is 9.88. The van der Waals surface area contributed by atoms with Crippen LogP contribution >= 0.6 is 0 Å². The second-order valence-electron chi connectivity index (χ2n) is 13.7.